The molecule has 0 aliphatic rings. The molecular formula is C16H33CuF+2. The van der Waals surface area contributed by atoms with Gasteiger partial charge in [0.05, 0.1) is 6.67 Å². The number of alkyl halides is 1. The number of rotatable bonds is 14. The number of halogens is 1. The van der Waals surface area contributed by atoms with E-state index in [-0.39, 0.29) is 23.7 Å². The van der Waals surface area contributed by atoms with Crippen LogP contribution in [0.1, 0.15) is 96.8 Å². The van der Waals surface area contributed by atoms with E-state index in [4.69, 9.17) is 0 Å². The van der Waals surface area contributed by atoms with E-state index in [0.717, 1.165) is 12.8 Å². The average Bonchev–Trinajstić information content (AvgIpc) is 2.35. The Morgan fingerprint density at radius 2 is 0.778 bits per heavy atom. The normalized spacial score (nSPS) is 10.3. The van der Waals surface area contributed by atoms with Crippen LogP contribution >= 0.6 is 0 Å². The van der Waals surface area contributed by atoms with E-state index in [9.17, 15) is 4.39 Å². The van der Waals surface area contributed by atoms with Crippen LogP contribution < -0.4 is 0 Å². The summed E-state index contributed by atoms with van der Waals surface area (Å²) in [4.78, 5) is 0. The second-order valence-corrected chi connectivity index (χ2v) is 5.29. The summed E-state index contributed by atoms with van der Waals surface area (Å²) < 4.78 is 11.8. The molecule has 0 fully saturated rings. The van der Waals surface area contributed by atoms with Crippen molar-refractivity contribution in [2.75, 3.05) is 6.67 Å². The molecule has 0 saturated carbocycles. The second-order valence-electron chi connectivity index (χ2n) is 5.29. The van der Waals surface area contributed by atoms with Gasteiger partial charge in [0, 0.05) is 0 Å². The molecule has 0 aromatic rings. The predicted octanol–water partition coefficient (Wildman–Crippen LogP) is 6.43. The number of unbranched alkanes of at least 4 members (excludes halogenated alkanes) is 13. The Hall–Kier alpha value is 0.449. The van der Waals surface area contributed by atoms with Crippen molar-refractivity contribution in [2.45, 2.75) is 96.8 Å². The molecule has 1 radical (unpaired) electrons. The van der Waals surface area contributed by atoms with Crippen LogP contribution in [0.25, 0.3) is 0 Å². The van der Waals surface area contributed by atoms with Crippen molar-refractivity contribution in [1.29, 1.82) is 0 Å². The van der Waals surface area contributed by atoms with Crippen molar-refractivity contribution >= 4 is 0 Å². The van der Waals surface area contributed by atoms with Crippen molar-refractivity contribution in [2.24, 2.45) is 0 Å². The monoisotopic (exact) mass is 307 g/mol. The molecule has 0 amide bonds. The van der Waals surface area contributed by atoms with Gasteiger partial charge in [-0.1, -0.05) is 90.4 Å². The average molecular weight is 308 g/mol. The maximum Gasteiger partial charge on any atom is 2.00 e. The summed E-state index contributed by atoms with van der Waals surface area (Å²) in [6.45, 7) is 2.14. The Kier molecular flexibility index (Phi) is 22.8. The van der Waals surface area contributed by atoms with E-state index in [1.807, 2.05) is 0 Å². The molecule has 18 heavy (non-hydrogen) atoms. The van der Waals surface area contributed by atoms with Gasteiger partial charge in [0.1, 0.15) is 0 Å². The molecule has 0 N–H and O–H groups in total. The summed E-state index contributed by atoms with van der Waals surface area (Å²) in [5, 5.41) is 0. The van der Waals surface area contributed by atoms with Gasteiger partial charge in [-0.25, -0.2) is 0 Å². The maximum absolute atomic E-state index is 11.8. The van der Waals surface area contributed by atoms with Crippen LogP contribution in [-0.2, 0) is 17.1 Å². The molecule has 0 saturated heterocycles. The van der Waals surface area contributed by atoms with Gasteiger partial charge in [0.15, 0.2) is 0 Å². The number of hydrogen-bond acceptors (Lipinski definition) is 0. The van der Waals surface area contributed by atoms with Gasteiger partial charge in [-0.2, -0.15) is 0 Å². The van der Waals surface area contributed by atoms with Crippen LogP contribution in [0.5, 0.6) is 0 Å². The van der Waals surface area contributed by atoms with Gasteiger partial charge in [0.2, 0.25) is 0 Å². The first-order chi connectivity index (χ1) is 8.41. The third-order valence-electron chi connectivity index (χ3n) is 3.49. The first kappa shape index (κ1) is 20.8. The molecule has 0 aliphatic heterocycles. The molecule has 0 aliphatic carbocycles. The van der Waals surface area contributed by atoms with Crippen LogP contribution in [0.2, 0.25) is 0 Å². The van der Waals surface area contributed by atoms with Gasteiger partial charge in [-0.05, 0) is 6.42 Å². The van der Waals surface area contributed by atoms with Gasteiger partial charge in [-0.3, -0.25) is 4.39 Å². The smallest absolute Gasteiger partial charge is 0.251 e. The Morgan fingerprint density at radius 3 is 1.06 bits per heavy atom. The topological polar surface area (TPSA) is 0 Å². The standard InChI is InChI=1S/C16H33F.Cu/c1-2-3-4-5-6-7-8-9-10-11-12-13-14-15-16-17;/h2-16H2,1H3;/q;+2. The quantitative estimate of drug-likeness (QED) is 0.256. The summed E-state index contributed by atoms with van der Waals surface area (Å²) in [5.74, 6) is 0. The van der Waals surface area contributed by atoms with Crippen LogP contribution in [0.15, 0.2) is 0 Å². The largest absolute Gasteiger partial charge is 2.00 e. The SMILES string of the molecule is CCCCCCCCCCCCCCCCF.[Cu+2]. The summed E-state index contributed by atoms with van der Waals surface area (Å²) in [6.07, 6.45) is 18.5. The fourth-order valence-electron chi connectivity index (χ4n) is 2.29. The Morgan fingerprint density at radius 1 is 0.500 bits per heavy atom. The minimum atomic E-state index is -0.127. The molecule has 0 nitrogen and oxygen atoms in total. The van der Waals surface area contributed by atoms with Crippen molar-refractivity contribution in [1.82, 2.24) is 0 Å². The fraction of sp³-hybridized carbons (Fsp3) is 1.00. The van der Waals surface area contributed by atoms with Gasteiger partial charge >= 0.3 is 17.1 Å². The van der Waals surface area contributed by atoms with E-state index < -0.39 is 0 Å². The summed E-state index contributed by atoms with van der Waals surface area (Å²) >= 11 is 0. The maximum atomic E-state index is 11.8. The molecule has 0 unspecified atom stereocenters. The van der Waals surface area contributed by atoms with Gasteiger partial charge in [0.25, 0.3) is 0 Å². The Labute approximate surface area is 125 Å². The van der Waals surface area contributed by atoms with Crippen LogP contribution in [0.4, 0.5) is 4.39 Å². The molecule has 0 spiro atoms. The first-order valence-electron chi connectivity index (χ1n) is 7.97. The van der Waals surface area contributed by atoms with Crippen LogP contribution in [0.3, 0.4) is 0 Å². The molecule has 0 bridgehead atoms. The molecule has 0 aromatic heterocycles. The van der Waals surface area contributed by atoms with Crippen molar-refractivity contribution in [3.8, 4) is 0 Å². The van der Waals surface area contributed by atoms with E-state index in [1.54, 1.807) is 0 Å². The van der Waals surface area contributed by atoms with Gasteiger partial charge < -0.3 is 0 Å². The zero-order valence-corrected chi connectivity index (χ0v) is 13.2. The zero-order valence-electron chi connectivity index (χ0n) is 12.3. The Balaban J connectivity index is 0. The second kappa shape index (κ2) is 19.8. The number of hydrogen-bond donors (Lipinski definition) is 0. The minimum Gasteiger partial charge on any atom is -0.251 e. The van der Waals surface area contributed by atoms with E-state index >= 15 is 0 Å². The predicted molar refractivity (Wildman–Crippen MR) is 76.3 cm³/mol. The molecule has 0 heterocycles. The summed E-state index contributed by atoms with van der Waals surface area (Å²) in [7, 11) is 0. The van der Waals surface area contributed by atoms with Gasteiger partial charge in [-0.15, -0.1) is 0 Å². The molecule has 0 aromatic carbocycles. The molecule has 0 rings (SSSR count). The van der Waals surface area contributed by atoms with Crippen molar-refractivity contribution in [3.63, 3.8) is 0 Å². The van der Waals surface area contributed by atoms with Crippen molar-refractivity contribution < 1.29 is 21.5 Å². The minimum absolute atomic E-state index is 0. The zero-order chi connectivity index (χ0) is 12.6. The van der Waals surface area contributed by atoms with Crippen molar-refractivity contribution in [3.05, 3.63) is 0 Å². The van der Waals surface area contributed by atoms with Crippen LogP contribution in [0, 0.1) is 0 Å². The van der Waals surface area contributed by atoms with Crippen LogP contribution in [-0.4, -0.2) is 6.67 Å². The van der Waals surface area contributed by atoms with E-state index in [1.165, 1.54) is 77.0 Å². The Bertz CT molecular complexity index is 114. The molecule has 2 heteroatoms. The van der Waals surface area contributed by atoms with E-state index in [0.29, 0.717) is 0 Å². The summed E-state index contributed by atoms with van der Waals surface area (Å²) in [6, 6.07) is 0. The molecule has 0 atom stereocenters. The first-order valence-corrected chi connectivity index (χ1v) is 7.97. The summed E-state index contributed by atoms with van der Waals surface area (Å²) in [5.41, 5.74) is 0. The fourth-order valence-corrected chi connectivity index (χ4v) is 2.29. The molecule has 113 valence electrons. The third-order valence-corrected chi connectivity index (χ3v) is 3.49. The van der Waals surface area contributed by atoms with E-state index in [2.05, 4.69) is 6.92 Å². The third kappa shape index (κ3) is 18.8. The molecular weight excluding hydrogens is 275 g/mol.